The number of nitrogens with zero attached hydrogens (tertiary/aromatic N) is 1. The molecular weight excluding hydrogens is 375 g/mol. The zero-order valence-corrected chi connectivity index (χ0v) is 14.9. The molecule has 1 aliphatic rings. The topological polar surface area (TPSA) is 91.8 Å². The molecule has 144 valence electrons. The standard InChI is InChI=1S/C16H18F3NO5S/c1-10(2)26(24,25)12-6-4-3-5-11(12)13(21)20-8-7-15(9-20,14(22)23)16(17,18)19/h3-6,10H,7-9H2,1-2H3,(H,22,23). The number of rotatable bonds is 4. The molecule has 0 radical (unpaired) electrons. The number of aliphatic carboxylic acids is 1. The molecule has 0 bridgehead atoms. The summed E-state index contributed by atoms with van der Waals surface area (Å²) >= 11 is 0. The molecule has 1 aromatic carbocycles. The highest BCUT2D eigenvalue weighted by Gasteiger charge is 2.64. The number of halogens is 3. The van der Waals surface area contributed by atoms with Crippen LogP contribution in [0.5, 0.6) is 0 Å². The maximum Gasteiger partial charge on any atom is 0.406 e. The lowest BCUT2D eigenvalue weighted by atomic mass is 9.86. The predicted octanol–water partition coefficient (Wildman–Crippen LogP) is 2.35. The van der Waals surface area contributed by atoms with Crippen molar-refractivity contribution in [2.45, 2.75) is 36.6 Å². The second kappa shape index (κ2) is 6.57. The lowest BCUT2D eigenvalue weighted by Crippen LogP contribution is -2.47. The van der Waals surface area contributed by atoms with E-state index >= 15 is 0 Å². The fourth-order valence-corrected chi connectivity index (χ4v) is 4.06. The number of carbonyl (C=O) groups excluding carboxylic acids is 1. The molecule has 1 amide bonds. The van der Waals surface area contributed by atoms with Crippen LogP contribution in [0.4, 0.5) is 13.2 Å². The van der Waals surface area contributed by atoms with Crippen LogP contribution in [0.25, 0.3) is 0 Å². The molecule has 1 aliphatic heterocycles. The van der Waals surface area contributed by atoms with Gasteiger partial charge in [-0.15, -0.1) is 0 Å². The van der Waals surface area contributed by atoms with E-state index in [1.54, 1.807) is 0 Å². The molecule has 1 aromatic rings. The predicted molar refractivity (Wildman–Crippen MR) is 85.4 cm³/mol. The number of alkyl halides is 3. The Balaban J connectivity index is 2.43. The lowest BCUT2D eigenvalue weighted by Gasteiger charge is -2.27. The van der Waals surface area contributed by atoms with E-state index in [1.807, 2.05) is 0 Å². The first-order chi connectivity index (χ1) is 11.8. The van der Waals surface area contributed by atoms with Crippen LogP contribution < -0.4 is 0 Å². The van der Waals surface area contributed by atoms with E-state index < -0.39 is 58.1 Å². The van der Waals surface area contributed by atoms with Gasteiger partial charge in [-0.1, -0.05) is 12.1 Å². The summed E-state index contributed by atoms with van der Waals surface area (Å²) in [5, 5.41) is 8.24. The Morgan fingerprint density at radius 3 is 2.27 bits per heavy atom. The molecule has 1 N–H and O–H groups in total. The highest BCUT2D eigenvalue weighted by atomic mass is 32.2. The average molecular weight is 393 g/mol. The Morgan fingerprint density at radius 1 is 1.23 bits per heavy atom. The first-order valence-corrected chi connectivity index (χ1v) is 9.31. The molecule has 1 unspecified atom stereocenters. The van der Waals surface area contributed by atoms with Gasteiger partial charge in [-0.25, -0.2) is 8.42 Å². The van der Waals surface area contributed by atoms with Gasteiger partial charge in [0.1, 0.15) is 0 Å². The van der Waals surface area contributed by atoms with Crippen LogP contribution >= 0.6 is 0 Å². The molecule has 0 spiro atoms. The molecule has 1 saturated heterocycles. The normalized spacial score (nSPS) is 21.2. The zero-order chi connectivity index (χ0) is 19.9. The van der Waals surface area contributed by atoms with Crippen molar-refractivity contribution in [3.8, 4) is 0 Å². The van der Waals surface area contributed by atoms with Crippen LogP contribution in [0.3, 0.4) is 0 Å². The van der Waals surface area contributed by atoms with Crippen molar-refractivity contribution in [1.29, 1.82) is 0 Å². The van der Waals surface area contributed by atoms with Crippen molar-refractivity contribution in [3.63, 3.8) is 0 Å². The third-order valence-corrected chi connectivity index (χ3v) is 6.76. The van der Waals surface area contributed by atoms with Crippen molar-refractivity contribution in [1.82, 2.24) is 4.90 Å². The second-order valence-corrected chi connectivity index (χ2v) is 8.92. The number of hydrogen-bond donors (Lipinski definition) is 1. The van der Waals surface area contributed by atoms with Crippen LogP contribution in [-0.4, -0.2) is 54.8 Å². The lowest BCUT2D eigenvalue weighted by molar-refractivity contribution is -0.227. The number of amides is 1. The van der Waals surface area contributed by atoms with E-state index in [-0.39, 0.29) is 10.5 Å². The third-order valence-electron chi connectivity index (χ3n) is 4.55. The van der Waals surface area contributed by atoms with E-state index in [1.165, 1.54) is 38.1 Å². The third kappa shape index (κ3) is 3.17. The van der Waals surface area contributed by atoms with Gasteiger partial charge in [-0.2, -0.15) is 13.2 Å². The van der Waals surface area contributed by atoms with Gasteiger partial charge in [0.2, 0.25) is 0 Å². The average Bonchev–Trinajstić information content (AvgIpc) is 3.00. The Labute approximate surface area is 148 Å². The van der Waals surface area contributed by atoms with E-state index in [0.717, 1.165) is 4.90 Å². The number of hydrogen-bond acceptors (Lipinski definition) is 4. The molecule has 26 heavy (non-hydrogen) atoms. The summed E-state index contributed by atoms with van der Waals surface area (Å²) in [5.41, 5.74) is -3.31. The molecule has 0 saturated carbocycles. The summed E-state index contributed by atoms with van der Waals surface area (Å²) in [7, 11) is -3.84. The van der Waals surface area contributed by atoms with E-state index in [2.05, 4.69) is 0 Å². The van der Waals surface area contributed by atoms with Gasteiger partial charge in [-0.05, 0) is 32.4 Å². The smallest absolute Gasteiger partial charge is 0.406 e. The first-order valence-electron chi connectivity index (χ1n) is 7.77. The van der Waals surface area contributed by atoms with Crippen molar-refractivity contribution in [2.75, 3.05) is 13.1 Å². The summed E-state index contributed by atoms with van der Waals surface area (Å²) in [6, 6.07) is 5.24. The van der Waals surface area contributed by atoms with Crippen molar-refractivity contribution in [3.05, 3.63) is 29.8 Å². The number of benzene rings is 1. The number of carboxylic acid groups (broad SMARTS) is 1. The number of sulfone groups is 1. The van der Waals surface area contributed by atoms with E-state index in [4.69, 9.17) is 5.11 Å². The maximum atomic E-state index is 13.3. The summed E-state index contributed by atoms with van der Waals surface area (Å²) in [4.78, 5) is 24.4. The summed E-state index contributed by atoms with van der Waals surface area (Å²) in [6.07, 6.45) is -5.81. The Kier molecular flexibility index (Phi) is 5.10. The monoisotopic (exact) mass is 393 g/mol. The van der Waals surface area contributed by atoms with Crippen molar-refractivity contribution < 1.29 is 36.3 Å². The number of carboxylic acids is 1. The molecular formula is C16H18F3NO5S. The molecule has 1 heterocycles. The van der Waals surface area contributed by atoms with Crippen molar-refractivity contribution >= 4 is 21.7 Å². The Hall–Kier alpha value is -2.10. The fraction of sp³-hybridized carbons (Fsp3) is 0.500. The van der Waals surface area contributed by atoms with Gasteiger partial charge in [-0.3, -0.25) is 9.59 Å². The van der Waals surface area contributed by atoms with Gasteiger partial charge in [0, 0.05) is 13.1 Å². The maximum absolute atomic E-state index is 13.3. The minimum Gasteiger partial charge on any atom is -0.481 e. The molecule has 6 nitrogen and oxygen atoms in total. The fourth-order valence-electron chi connectivity index (χ4n) is 2.83. The van der Waals surface area contributed by atoms with Gasteiger partial charge >= 0.3 is 12.1 Å². The van der Waals surface area contributed by atoms with Gasteiger partial charge in [0.05, 0.1) is 15.7 Å². The van der Waals surface area contributed by atoms with Crippen LogP contribution in [-0.2, 0) is 14.6 Å². The molecule has 1 fully saturated rings. The largest absolute Gasteiger partial charge is 0.481 e. The minimum absolute atomic E-state index is 0.260. The van der Waals surface area contributed by atoms with E-state index in [0.29, 0.717) is 0 Å². The van der Waals surface area contributed by atoms with Crippen molar-refractivity contribution in [2.24, 2.45) is 5.41 Å². The summed E-state index contributed by atoms with van der Waals surface area (Å²) < 4.78 is 64.6. The first kappa shape index (κ1) is 20.2. The molecule has 10 heteroatoms. The second-order valence-electron chi connectivity index (χ2n) is 6.45. The Bertz CT molecular complexity index is 835. The van der Waals surface area contributed by atoms with Crippen LogP contribution in [0.15, 0.2) is 29.2 Å². The molecule has 2 rings (SSSR count). The quantitative estimate of drug-likeness (QED) is 0.848. The van der Waals surface area contributed by atoms with Gasteiger partial charge in [0.15, 0.2) is 15.3 Å². The number of carbonyl (C=O) groups is 2. The zero-order valence-electron chi connectivity index (χ0n) is 14.1. The summed E-state index contributed by atoms with van der Waals surface area (Å²) in [6.45, 7) is 1.36. The minimum atomic E-state index is -5.03. The molecule has 1 atom stereocenters. The van der Waals surface area contributed by atoms with Crippen LogP contribution in [0.2, 0.25) is 0 Å². The van der Waals surface area contributed by atoms with Gasteiger partial charge < -0.3 is 10.0 Å². The Morgan fingerprint density at radius 2 is 1.81 bits per heavy atom. The van der Waals surface area contributed by atoms with E-state index in [9.17, 15) is 31.2 Å². The molecule has 0 aromatic heterocycles. The van der Waals surface area contributed by atoms with Crippen LogP contribution in [0, 0.1) is 5.41 Å². The highest BCUT2D eigenvalue weighted by Crippen LogP contribution is 2.46. The molecule has 0 aliphatic carbocycles. The highest BCUT2D eigenvalue weighted by molar-refractivity contribution is 7.92. The van der Waals surface area contributed by atoms with Crippen LogP contribution in [0.1, 0.15) is 30.6 Å². The SMILES string of the molecule is CC(C)S(=O)(=O)c1ccccc1C(=O)N1CCC(C(=O)O)(C(F)(F)F)C1. The summed E-state index contributed by atoms with van der Waals surface area (Å²) in [5.74, 6) is -2.99. The van der Waals surface area contributed by atoms with Gasteiger partial charge in [0.25, 0.3) is 5.91 Å². The number of likely N-dealkylation sites (tertiary alicyclic amines) is 1.